The molecule has 0 aromatic heterocycles. The van der Waals surface area contributed by atoms with Crippen molar-refractivity contribution in [1.29, 1.82) is 0 Å². The fraction of sp³-hybridized carbons (Fsp3) is 0.619. The number of carbonyl (C=O) groups is 2. The molecule has 7 heteroatoms. The molecule has 3 unspecified atom stereocenters. The Hall–Kier alpha value is -2.12. The Kier molecular flexibility index (Phi) is 7.68. The molecular formula is C21H31N3O4. The second kappa shape index (κ2) is 10.4. The Labute approximate surface area is 166 Å². The lowest BCUT2D eigenvalue weighted by molar-refractivity contribution is -0.124. The topological polar surface area (TPSA) is 88.7 Å². The van der Waals surface area contributed by atoms with Gasteiger partial charge in [-0.15, -0.1) is 0 Å². The van der Waals surface area contributed by atoms with E-state index in [0.717, 1.165) is 19.3 Å². The number of ether oxygens (including phenoxy) is 2. The molecule has 1 aromatic rings. The van der Waals surface area contributed by atoms with Crippen LogP contribution in [0.3, 0.4) is 0 Å². The van der Waals surface area contributed by atoms with Crippen LogP contribution in [0.25, 0.3) is 0 Å². The van der Waals surface area contributed by atoms with E-state index in [2.05, 4.69) is 22.9 Å². The van der Waals surface area contributed by atoms with Crippen LogP contribution in [-0.2, 0) is 14.3 Å². The molecule has 1 aliphatic carbocycles. The van der Waals surface area contributed by atoms with Gasteiger partial charge in [-0.2, -0.15) is 0 Å². The summed E-state index contributed by atoms with van der Waals surface area (Å²) in [6.45, 7) is 3.87. The standard InChI is InChI=1S/C21H31N3O4/c1-15-5-2-3-6-18(15)28-14-12-22-21(26)24-17-10-8-16(9-11-17)23-20(25)19-7-4-13-27-19/h8-11,15,18-19H,2-7,12-14H2,1H3,(H,23,25)(H2,22,24,26). The lowest BCUT2D eigenvalue weighted by Gasteiger charge is -2.28. The molecule has 0 spiro atoms. The van der Waals surface area contributed by atoms with Crippen molar-refractivity contribution in [2.75, 3.05) is 30.4 Å². The SMILES string of the molecule is CC1CCCCC1OCCNC(=O)Nc1ccc(NC(=O)C2CCCO2)cc1. The second-order valence-electron chi connectivity index (χ2n) is 7.62. The van der Waals surface area contributed by atoms with E-state index in [0.29, 0.717) is 43.2 Å². The summed E-state index contributed by atoms with van der Waals surface area (Å²) in [6.07, 6.45) is 6.49. The first-order chi connectivity index (χ1) is 13.6. The van der Waals surface area contributed by atoms with E-state index in [4.69, 9.17) is 9.47 Å². The predicted octanol–water partition coefficient (Wildman–Crippen LogP) is 3.52. The van der Waals surface area contributed by atoms with E-state index in [1.807, 2.05) is 0 Å². The lowest BCUT2D eigenvalue weighted by Crippen LogP contribution is -2.34. The van der Waals surface area contributed by atoms with Crippen molar-refractivity contribution in [3.05, 3.63) is 24.3 Å². The maximum Gasteiger partial charge on any atom is 0.319 e. The lowest BCUT2D eigenvalue weighted by atomic mass is 9.88. The second-order valence-corrected chi connectivity index (χ2v) is 7.62. The molecule has 1 aromatic carbocycles. The molecule has 1 aliphatic heterocycles. The zero-order valence-corrected chi connectivity index (χ0v) is 16.5. The van der Waals surface area contributed by atoms with Gasteiger partial charge < -0.3 is 25.4 Å². The Bertz CT molecular complexity index is 644. The third-order valence-electron chi connectivity index (χ3n) is 5.38. The van der Waals surface area contributed by atoms with E-state index in [-0.39, 0.29) is 18.0 Å². The number of anilines is 2. The first-order valence-electron chi connectivity index (χ1n) is 10.3. The van der Waals surface area contributed by atoms with Gasteiger partial charge >= 0.3 is 6.03 Å². The maximum absolute atomic E-state index is 12.0. The van der Waals surface area contributed by atoms with E-state index in [9.17, 15) is 9.59 Å². The van der Waals surface area contributed by atoms with Crippen molar-refractivity contribution >= 4 is 23.3 Å². The summed E-state index contributed by atoms with van der Waals surface area (Å²) >= 11 is 0. The third kappa shape index (κ3) is 6.21. The molecular weight excluding hydrogens is 358 g/mol. The zero-order chi connectivity index (χ0) is 19.8. The van der Waals surface area contributed by atoms with Crippen molar-refractivity contribution in [3.63, 3.8) is 0 Å². The van der Waals surface area contributed by atoms with Gasteiger partial charge in [0.05, 0.1) is 12.7 Å². The van der Waals surface area contributed by atoms with Gasteiger partial charge in [-0.1, -0.05) is 19.8 Å². The molecule has 1 saturated carbocycles. The molecule has 3 amide bonds. The van der Waals surface area contributed by atoms with Gasteiger partial charge in [-0.3, -0.25) is 4.79 Å². The van der Waals surface area contributed by atoms with Crippen LogP contribution in [0.2, 0.25) is 0 Å². The van der Waals surface area contributed by atoms with Crippen molar-refractivity contribution in [3.8, 4) is 0 Å². The van der Waals surface area contributed by atoms with Crippen LogP contribution in [-0.4, -0.2) is 43.9 Å². The predicted molar refractivity (Wildman–Crippen MR) is 108 cm³/mol. The van der Waals surface area contributed by atoms with Crippen LogP contribution in [0.4, 0.5) is 16.2 Å². The molecule has 7 nitrogen and oxygen atoms in total. The van der Waals surface area contributed by atoms with Crippen LogP contribution in [0.1, 0.15) is 45.4 Å². The van der Waals surface area contributed by atoms with Gasteiger partial charge in [0, 0.05) is 24.5 Å². The summed E-state index contributed by atoms with van der Waals surface area (Å²) in [5.74, 6) is 0.477. The van der Waals surface area contributed by atoms with E-state index < -0.39 is 0 Å². The summed E-state index contributed by atoms with van der Waals surface area (Å²) < 4.78 is 11.3. The minimum Gasteiger partial charge on any atom is -0.376 e. The highest BCUT2D eigenvalue weighted by atomic mass is 16.5. The van der Waals surface area contributed by atoms with E-state index in [1.165, 1.54) is 19.3 Å². The molecule has 2 fully saturated rings. The minimum atomic E-state index is -0.359. The highest BCUT2D eigenvalue weighted by Crippen LogP contribution is 2.26. The normalized spacial score (nSPS) is 24.5. The summed E-state index contributed by atoms with van der Waals surface area (Å²) in [7, 11) is 0. The van der Waals surface area contributed by atoms with Gasteiger partial charge in [0.2, 0.25) is 0 Å². The van der Waals surface area contributed by atoms with Crippen molar-refractivity contribution < 1.29 is 19.1 Å². The van der Waals surface area contributed by atoms with Crippen LogP contribution >= 0.6 is 0 Å². The largest absolute Gasteiger partial charge is 0.376 e. The van der Waals surface area contributed by atoms with Gasteiger partial charge in [0.15, 0.2) is 0 Å². The zero-order valence-electron chi connectivity index (χ0n) is 16.5. The highest BCUT2D eigenvalue weighted by molar-refractivity contribution is 5.95. The molecule has 1 heterocycles. The molecule has 3 rings (SSSR count). The summed E-state index contributed by atoms with van der Waals surface area (Å²) in [6, 6.07) is 6.76. The van der Waals surface area contributed by atoms with Crippen molar-refractivity contribution in [2.24, 2.45) is 5.92 Å². The summed E-state index contributed by atoms with van der Waals surface area (Å²) in [4.78, 5) is 24.0. The average molecular weight is 389 g/mol. The monoisotopic (exact) mass is 389 g/mol. The van der Waals surface area contributed by atoms with Gasteiger partial charge in [0.25, 0.3) is 5.91 Å². The molecule has 0 bridgehead atoms. The number of nitrogens with one attached hydrogen (secondary N) is 3. The molecule has 3 N–H and O–H groups in total. The Morgan fingerprint density at radius 1 is 1.04 bits per heavy atom. The van der Waals surface area contributed by atoms with E-state index in [1.54, 1.807) is 24.3 Å². The molecule has 28 heavy (non-hydrogen) atoms. The molecule has 0 radical (unpaired) electrons. The smallest absolute Gasteiger partial charge is 0.319 e. The van der Waals surface area contributed by atoms with Crippen LogP contribution in [0.15, 0.2) is 24.3 Å². The number of amides is 3. The first kappa shape index (κ1) is 20.6. The number of hydrogen-bond acceptors (Lipinski definition) is 4. The average Bonchev–Trinajstić information content (AvgIpc) is 3.23. The number of hydrogen-bond donors (Lipinski definition) is 3. The Morgan fingerprint density at radius 3 is 2.43 bits per heavy atom. The fourth-order valence-electron chi connectivity index (χ4n) is 3.72. The van der Waals surface area contributed by atoms with Gasteiger partial charge in [-0.25, -0.2) is 4.79 Å². The summed E-state index contributed by atoms with van der Waals surface area (Å²) in [5, 5.41) is 8.42. The van der Waals surface area contributed by atoms with Crippen LogP contribution in [0, 0.1) is 5.92 Å². The molecule has 3 atom stereocenters. The Balaban J connectivity index is 1.34. The van der Waals surface area contributed by atoms with Gasteiger partial charge in [0.1, 0.15) is 6.10 Å². The van der Waals surface area contributed by atoms with Crippen LogP contribution < -0.4 is 16.0 Å². The summed E-state index contributed by atoms with van der Waals surface area (Å²) in [5.41, 5.74) is 1.34. The van der Waals surface area contributed by atoms with Gasteiger partial charge in [-0.05, 0) is 55.9 Å². The fourth-order valence-corrected chi connectivity index (χ4v) is 3.72. The molecule has 2 aliphatic rings. The maximum atomic E-state index is 12.0. The van der Waals surface area contributed by atoms with Crippen LogP contribution in [0.5, 0.6) is 0 Å². The van der Waals surface area contributed by atoms with Crippen molar-refractivity contribution in [2.45, 2.75) is 57.7 Å². The number of rotatable bonds is 7. The Morgan fingerprint density at radius 2 is 1.75 bits per heavy atom. The molecule has 1 saturated heterocycles. The number of urea groups is 1. The molecule has 154 valence electrons. The first-order valence-corrected chi connectivity index (χ1v) is 10.3. The van der Waals surface area contributed by atoms with E-state index >= 15 is 0 Å². The number of benzene rings is 1. The van der Waals surface area contributed by atoms with Crippen molar-refractivity contribution in [1.82, 2.24) is 5.32 Å². The minimum absolute atomic E-state index is 0.122. The quantitative estimate of drug-likeness (QED) is 0.623. The highest BCUT2D eigenvalue weighted by Gasteiger charge is 2.23. The third-order valence-corrected chi connectivity index (χ3v) is 5.38. The number of carbonyl (C=O) groups excluding carboxylic acids is 2.